The van der Waals surface area contributed by atoms with Gasteiger partial charge in [0.15, 0.2) is 5.13 Å². The van der Waals surface area contributed by atoms with Crippen LogP contribution in [0.25, 0.3) is 16.9 Å². The summed E-state index contributed by atoms with van der Waals surface area (Å²) < 4.78 is 15.1. The smallest absolute Gasteiger partial charge is 0.260 e. The lowest BCUT2D eigenvalue weighted by molar-refractivity contribution is 0.102. The summed E-state index contributed by atoms with van der Waals surface area (Å²) in [6.45, 7) is 1.84. The summed E-state index contributed by atoms with van der Waals surface area (Å²) in [5, 5.41) is 9.33. The third-order valence-corrected chi connectivity index (χ3v) is 4.86. The van der Waals surface area contributed by atoms with E-state index in [4.69, 9.17) is 0 Å². The molecule has 2 heterocycles. The number of nitrogens with zero attached hydrogens (tertiary/aromatic N) is 3. The van der Waals surface area contributed by atoms with Crippen molar-refractivity contribution in [2.45, 2.75) is 6.92 Å². The van der Waals surface area contributed by atoms with Crippen molar-refractivity contribution in [1.82, 2.24) is 14.8 Å². The molecule has 4 rings (SSSR count). The fraction of sp³-hybridized carbons (Fsp3) is 0.0500. The molecular weight excluding hydrogens is 363 g/mol. The Bertz CT molecular complexity index is 1100. The molecule has 2 aromatic carbocycles. The minimum absolute atomic E-state index is 0.283. The van der Waals surface area contributed by atoms with E-state index >= 15 is 0 Å². The number of benzene rings is 2. The molecule has 4 aromatic rings. The Kier molecular flexibility index (Phi) is 4.52. The van der Waals surface area contributed by atoms with E-state index in [1.54, 1.807) is 28.4 Å². The molecule has 0 aliphatic rings. The second-order valence-corrected chi connectivity index (χ2v) is 6.75. The Morgan fingerprint density at radius 3 is 2.74 bits per heavy atom. The summed E-state index contributed by atoms with van der Waals surface area (Å²) >= 11 is 1.29. The topological polar surface area (TPSA) is 59.8 Å². The average molecular weight is 378 g/mol. The Labute approximate surface area is 159 Å². The van der Waals surface area contributed by atoms with Gasteiger partial charge in [-0.2, -0.15) is 5.10 Å². The number of anilines is 1. The normalized spacial score (nSPS) is 10.7. The molecule has 0 unspecified atom stereocenters. The van der Waals surface area contributed by atoms with Crippen LogP contribution in [0.1, 0.15) is 16.1 Å². The van der Waals surface area contributed by atoms with Crippen LogP contribution in [-0.2, 0) is 0 Å². The molecule has 7 heteroatoms. The van der Waals surface area contributed by atoms with Gasteiger partial charge < -0.3 is 0 Å². The molecule has 0 atom stereocenters. The first-order valence-corrected chi connectivity index (χ1v) is 9.12. The van der Waals surface area contributed by atoms with E-state index in [2.05, 4.69) is 15.4 Å². The van der Waals surface area contributed by atoms with Gasteiger partial charge in [-0.15, -0.1) is 11.3 Å². The molecule has 27 heavy (non-hydrogen) atoms. The maximum Gasteiger partial charge on any atom is 0.260 e. The van der Waals surface area contributed by atoms with Crippen molar-refractivity contribution >= 4 is 22.4 Å². The summed E-state index contributed by atoms with van der Waals surface area (Å²) in [6.07, 6.45) is 1.54. The zero-order chi connectivity index (χ0) is 18.8. The minimum Gasteiger partial charge on any atom is -0.298 e. The Hall–Kier alpha value is -3.32. The first kappa shape index (κ1) is 17.1. The largest absolute Gasteiger partial charge is 0.298 e. The van der Waals surface area contributed by atoms with E-state index in [0.717, 1.165) is 11.4 Å². The van der Waals surface area contributed by atoms with Crippen LogP contribution in [0.5, 0.6) is 0 Å². The van der Waals surface area contributed by atoms with Gasteiger partial charge in [-0.05, 0) is 31.2 Å². The number of rotatable bonds is 4. The van der Waals surface area contributed by atoms with Crippen LogP contribution in [0.3, 0.4) is 0 Å². The number of carbonyl (C=O) groups excluding carboxylic acids is 1. The quantitative estimate of drug-likeness (QED) is 0.560. The zero-order valence-electron chi connectivity index (χ0n) is 14.4. The monoisotopic (exact) mass is 378 g/mol. The van der Waals surface area contributed by atoms with Crippen molar-refractivity contribution in [3.8, 4) is 16.9 Å². The van der Waals surface area contributed by atoms with E-state index in [9.17, 15) is 9.18 Å². The first-order chi connectivity index (χ1) is 13.1. The van der Waals surface area contributed by atoms with E-state index in [0.29, 0.717) is 22.0 Å². The van der Waals surface area contributed by atoms with Crippen molar-refractivity contribution in [2.75, 3.05) is 5.32 Å². The van der Waals surface area contributed by atoms with Crippen LogP contribution in [0.4, 0.5) is 9.52 Å². The Morgan fingerprint density at radius 2 is 1.96 bits per heavy atom. The fourth-order valence-corrected chi connectivity index (χ4v) is 3.45. The zero-order valence-corrected chi connectivity index (χ0v) is 15.2. The molecule has 0 radical (unpaired) electrons. The standard InChI is InChI=1S/C20H15FN4OS/c1-13-17(11-22-25(13)16-8-3-2-4-9-16)19(26)24-20-23-18(12-27-20)14-6-5-7-15(21)10-14/h2-12H,1H3,(H,23,24,26). The van der Waals surface area contributed by atoms with Crippen molar-refractivity contribution in [2.24, 2.45) is 0 Å². The highest BCUT2D eigenvalue weighted by Crippen LogP contribution is 2.26. The van der Waals surface area contributed by atoms with Gasteiger partial charge in [0.25, 0.3) is 5.91 Å². The van der Waals surface area contributed by atoms with E-state index in [-0.39, 0.29) is 11.7 Å². The number of nitrogens with one attached hydrogen (secondary N) is 1. The second kappa shape index (κ2) is 7.13. The Morgan fingerprint density at radius 1 is 1.15 bits per heavy atom. The van der Waals surface area contributed by atoms with Gasteiger partial charge in [-0.1, -0.05) is 30.3 Å². The molecule has 0 aliphatic heterocycles. The molecule has 0 saturated carbocycles. The van der Waals surface area contributed by atoms with Gasteiger partial charge in [0, 0.05) is 10.9 Å². The van der Waals surface area contributed by atoms with Gasteiger partial charge in [-0.25, -0.2) is 14.1 Å². The molecule has 0 bridgehead atoms. The molecule has 1 N–H and O–H groups in total. The predicted octanol–water partition coefficient (Wildman–Crippen LogP) is 4.70. The van der Waals surface area contributed by atoms with Crippen LogP contribution in [0, 0.1) is 12.7 Å². The first-order valence-electron chi connectivity index (χ1n) is 8.24. The minimum atomic E-state index is -0.324. The number of para-hydroxylation sites is 1. The lowest BCUT2D eigenvalue weighted by atomic mass is 10.2. The maximum absolute atomic E-state index is 13.4. The number of aromatic nitrogens is 3. The van der Waals surface area contributed by atoms with Crippen molar-refractivity contribution in [3.63, 3.8) is 0 Å². The lowest BCUT2D eigenvalue weighted by Gasteiger charge is -2.05. The summed E-state index contributed by atoms with van der Waals surface area (Å²) in [6, 6.07) is 15.8. The molecule has 5 nitrogen and oxygen atoms in total. The maximum atomic E-state index is 13.4. The molecule has 0 aliphatic carbocycles. The van der Waals surface area contributed by atoms with Gasteiger partial charge in [0.1, 0.15) is 5.82 Å². The van der Waals surface area contributed by atoms with Crippen molar-refractivity contribution < 1.29 is 9.18 Å². The molecule has 0 spiro atoms. The fourth-order valence-electron chi connectivity index (χ4n) is 2.74. The van der Waals surface area contributed by atoms with E-state index in [1.165, 1.54) is 23.5 Å². The van der Waals surface area contributed by atoms with E-state index < -0.39 is 0 Å². The van der Waals surface area contributed by atoms with Gasteiger partial charge in [0.2, 0.25) is 0 Å². The highest BCUT2D eigenvalue weighted by Gasteiger charge is 2.17. The number of amides is 1. The van der Waals surface area contributed by atoms with Crippen molar-refractivity contribution in [1.29, 1.82) is 0 Å². The molecule has 0 fully saturated rings. The number of hydrogen-bond acceptors (Lipinski definition) is 4. The summed E-state index contributed by atoms with van der Waals surface area (Å²) in [7, 11) is 0. The highest BCUT2D eigenvalue weighted by atomic mass is 32.1. The number of thiazole rings is 1. The Balaban J connectivity index is 1.54. The molecule has 0 saturated heterocycles. The lowest BCUT2D eigenvalue weighted by Crippen LogP contribution is -2.13. The molecule has 1 amide bonds. The highest BCUT2D eigenvalue weighted by molar-refractivity contribution is 7.14. The number of hydrogen-bond donors (Lipinski definition) is 1. The molecule has 2 aromatic heterocycles. The summed E-state index contributed by atoms with van der Waals surface area (Å²) in [5.41, 5.74) is 3.38. The number of halogens is 1. The molecule has 134 valence electrons. The SMILES string of the molecule is Cc1c(C(=O)Nc2nc(-c3cccc(F)c3)cs2)cnn1-c1ccccc1. The van der Waals surface area contributed by atoms with Crippen LogP contribution >= 0.6 is 11.3 Å². The second-order valence-electron chi connectivity index (χ2n) is 5.89. The summed E-state index contributed by atoms with van der Waals surface area (Å²) in [5.74, 6) is -0.607. The number of carbonyl (C=O) groups is 1. The van der Waals surface area contributed by atoms with Gasteiger partial charge in [0.05, 0.1) is 28.8 Å². The predicted molar refractivity (Wildman–Crippen MR) is 104 cm³/mol. The third kappa shape index (κ3) is 3.50. The van der Waals surface area contributed by atoms with Gasteiger partial charge in [-0.3, -0.25) is 10.1 Å². The van der Waals surface area contributed by atoms with Crippen LogP contribution in [0.2, 0.25) is 0 Å². The molecular formula is C20H15FN4OS. The third-order valence-electron chi connectivity index (χ3n) is 4.10. The average Bonchev–Trinajstić information content (AvgIpc) is 3.29. The van der Waals surface area contributed by atoms with E-state index in [1.807, 2.05) is 37.3 Å². The van der Waals surface area contributed by atoms with Crippen molar-refractivity contribution in [3.05, 3.63) is 83.2 Å². The summed E-state index contributed by atoms with van der Waals surface area (Å²) in [4.78, 5) is 17.0. The van der Waals surface area contributed by atoms with Crippen LogP contribution < -0.4 is 5.32 Å². The van der Waals surface area contributed by atoms with Crippen LogP contribution in [-0.4, -0.2) is 20.7 Å². The van der Waals surface area contributed by atoms with Crippen LogP contribution in [0.15, 0.2) is 66.2 Å². The van der Waals surface area contributed by atoms with Gasteiger partial charge >= 0.3 is 0 Å².